The van der Waals surface area contributed by atoms with Gasteiger partial charge in [-0.15, -0.1) is 0 Å². The van der Waals surface area contributed by atoms with Crippen LogP contribution >= 0.6 is 0 Å². The maximum atomic E-state index is 11.3. The molecule has 0 saturated heterocycles. The molecule has 2 N–H and O–H groups in total. The van der Waals surface area contributed by atoms with Gasteiger partial charge < -0.3 is 10.2 Å². The third kappa shape index (κ3) is 19.3. The van der Waals surface area contributed by atoms with Crippen LogP contribution in [0.15, 0.2) is 11.6 Å². The van der Waals surface area contributed by atoms with Gasteiger partial charge in [0.2, 0.25) is 0 Å². The summed E-state index contributed by atoms with van der Waals surface area (Å²) < 4.78 is 0. The van der Waals surface area contributed by atoms with Gasteiger partial charge in [-0.2, -0.15) is 0 Å². The van der Waals surface area contributed by atoms with Crippen molar-refractivity contribution in [1.82, 2.24) is 0 Å². The predicted molar refractivity (Wildman–Crippen MR) is 112 cm³/mol. The highest BCUT2D eigenvalue weighted by molar-refractivity contribution is 5.86. The second-order valence-electron chi connectivity index (χ2n) is 7.67. The zero-order valence-corrected chi connectivity index (χ0v) is 17.5. The summed E-state index contributed by atoms with van der Waals surface area (Å²) in [5, 5.41) is 17.9. The molecule has 0 atom stereocenters. The molecular weight excluding hydrogens is 340 g/mol. The molecule has 0 spiro atoms. The fraction of sp³-hybridized carbons (Fsp3) is 0.826. The molecule has 0 heterocycles. The van der Waals surface area contributed by atoms with Crippen LogP contribution in [0.2, 0.25) is 0 Å². The number of allylic oxidation sites excluding steroid dienone is 1. The molecule has 0 bridgehead atoms. The fourth-order valence-corrected chi connectivity index (χ4v) is 3.33. The van der Waals surface area contributed by atoms with Gasteiger partial charge >= 0.3 is 11.9 Å². The molecular formula is C23H42O4. The molecule has 0 radical (unpaired) electrons. The molecule has 0 unspecified atom stereocenters. The smallest absolute Gasteiger partial charge is 0.331 e. The normalized spacial score (nSPS) is 11.7. The Labute approximate surface area is 166 Å². The number of carboxylic acid groups (broad SMARTS) is 2. The fourth-order valence-electron chi connectivity index (χ4n) is 3.33. The van der Waals surface area contributed by atoms with Gasteiger partial charge in [-0.05, 0) is 32.1 Å². The quantitative estimate of drug-likeness (QED) is 0.173. The minimum Gasteiger partial charge on any atom is -0.481 e. The minimum absolute atomic E-state index is 0.269. The summed E-state index contributed by atoms with van der Waals surface area (Å²) in [6.45, 7) is 2.23. The van der Waals surface area contributed by atoms with Gasteiger partial charge in [0.1, 0.15) is 0 Å². The number of aliphatic carboxylic acids is 2. The first-order chi connectivity index (χ1) is 13.1. The molecule has 0 aliphatic carbocycles. The molecule has 0 rings (SSSR count). The third-order valence-corrected chi connectivity index (χ3v) is 5.06. The molecule has 4 nitrogen and oxygen atoms in total. The highest BCUT2D eigenvalue weighted by atomic mass is 16.4. The van der Waals surface area contributed by atoms with E-state index >= 15 is 0 Å². The molecule has 0 aliphatic heterocycles. The Morgan fingerprint density at radius 2 is 1.07 bits per heavy atom. The summed E-state index contributed by atoms with van der Waals surface area (Å²) in [5.74, 6) is -1.47. The number of carboxylic acids is 2. The van der Waals surface area contributed by atoms with Crippen molar-refractivity contribution >= 4 is 11.9 Å². The van der Waals surface area contributed by atoms with Crippen LogP contribution in [-0.2, 0) is 9.59 Å². The predicted octanol–water partition coefficient (Wildman–Crippen LogP) is 7.12. The molecule has 158 valence electrons. The molecule has 0 aromatic rings. The molecule has 0 saturated carbocycles. The van der Waals surface area contributed by atoms with E-state index in [4.69, 9.17) is 5.11 Å². The molecule has 0 amide bonds. The Balaban J connectivity index is 3.62. The molecule has 0 fully saturated rings. The van der Waals surface area contributed by atoms with E-state index in [1.54, 1.807) is 0 Å². The Bertz CT molecular complexity index is 401. The van der Waals surface area contributed by atoms with Crippen molar-refractivity contribution in [3.05, 3.63) is 11.6 Å². The van der Waals surface area contributed by atoms with E-state index < -0.39 is 11.9 Å². The minimum atomic E-state index is -0.761. The van der Waals surface area contributed by atoms with Crippen LogP contribution in [0.5, 0.6) is 0 Å². The highest BCUT2D eigenvalue weighted by Gasteiger charge is 2.06. The maximum absolute atomic E-state index is 11.3. The summed E-state index contributed by atoms with van der Waals surface area (Å²) in [5.41, 5.74) is 0.583. The lowest BCUT2D eigenvalue weighted by Crippen LogP contribution is -2.00. The Kier molecular flexibility index (Phi) is 18.5. The van der Waals surface area contributed by atoms with Crippen LogP contribution in [0.3, 0.4) is 0 Å². The molecule has 0 aromatic heterocycles. The Hall–Kier alpha value is -1.32. The summed E-state index contributed by atoms with van der Waals surface area (Å²) in [6.07, 6.45) is 21.0. The zero-order chi connectivity index (χ0) is 20.2. The van der Waals surface area contributed by atoms with Gasteiger partial charge in [0, 0.05) is 12.0 Å². The lowest BCUT2D eigenvalue weighted by molar-refractivity contribution is -0.137. The van der Waals surface area contributed by atoms with Crippen molar-refractivity contribution in [1.29, 1.82) is 0 Å². The molecule has 0 aliphatic rings. The average molecular weight is 383 g/mol. The van der Waals surface area contributed by atoms with Crippen molar-refractivity contribution in [3.63, 3.8) is 0 Å². The molecule has 0 aromatic carbocycles. The van der Waals surface area contributed by atoms with E-state index in [2.05, 4.69) is 6.92 Å². The van der Waals surface area contributed by atoms with E-state index in [9.17, 15) is 14.7 Å². The van der Waals surface area contributed by atoms with Crippen LogP contribution in [0.1, 0.15) is 122 Å². The van der Waals surface area contributed by atoms with E-state index in [0.29, 0.717) is 12.0 Å². The summed E-state index contributed by atoms with van der Waals surface area (Å²) >= 11 is 0. The monoisotopic (exact) mass is 382 g/mol. The van der Waals surface area contributed by atoms with Gasteiger partial charge in [0.25, 0.3) is 0 Å². The topological polar surface area (TPSA) is 74.6 Å². The summed E-state index contributed by atoms with van der Waals surface area (Å²) in [4.78, 5) is 21.8. The summed E-state index contributed by atoms with van der Waals surface area (Å²) in [7, 11) is 0. The van der Waals surface area contributed by atoms with Gasteiger partial charge in [-0.3, -0.25) is 4.79 Å². The molecule has 27 heavy (non-hydrogen) atoms. The van der Waals surface area contributed by atoms with Gasteiger partial charge in [-0.25, -0.2) is 4.79 Å². The Morgan fingerprint density at radius 1 is 0.630 bits per heavy atom. The van der Waals surface area contributed by atoms with Crippen LogP contribution in [0.4, 0.5) is 0 Å². The first kappa shape index (κ1) is 25.7. The van der Waals surface area contributed by atoms with E-state index in [-0.39, 0.29) is 6.42 Å². The van der Waals surface area contributed by atoms with E-state index in [1.807, 2.05) is 6.08 Å². The maximum Gasteiger partial charge on any atom is 0.331 e. The van der Waals surface area contributed by atoms with Crippen LogP contribution in [0.25, 0.3) is 0 Å². The third-order valence-electron chi connectivity index (χ3n) is 5.06. The molecule has 4 heteroatoms. The van der Waals surface area contributed by atoms with Crippen LogP contribution in [0, 0.1) is 0 Å². The number of carbonyl (C=O) groups is 2. The first-order valence-corrected chi connectivity index (χ1v) is 11.2. The SMILES string of the molecule is CCCCCCCCCCC=C(CCCCCCCCCC(=O)O)C(=O)O. The number of hydrogen-bond donors (Lipinski definition) is 2. The zero-order valence-electron chi connectivity index (χ0n) is 17.5. The lowest BCUT2D eigenvalue weighted by atomic mass is 10.0. The largest absolute Gasteiger partial charge is 0.481 e. The summed E-state index contributed by atoms with van der Waals surface area (Å²) in [6, 6.07) is 0. The van der Waals surface area contributed by atoms with Gasteiger partial charge in [0.15, 0.2) is 0 Å². The van der Waals surface area contributed by atoms with Crippen LogP contribution < -0.4 is 0 Å². The van der Waals surface area contributed by atoms with Crippen molar-refractivity contribution in [3.8, 4) is 0 Å². The van der Waals surface area contributed by atoms with Crippen molar-refractivity contribution < 1.29 is 19.8 Å². The number of unbranched alkanes of at least 4 members (excludes halogenated alkanes) is 14. The highest BCUT2D eigenvalue weighted by Crippen LogP contribution is 2.15. The average Bonchev–Trinajstić information content (AvgIpc) is 2.63. The Morgan fingerprint density at radius 3 is 1.56 bits per heavy atom. The van der Waals surface area contributed by atoms with Gasteiger partial charge in [0.05, 0.1) is 0 Å². The van der Waals surface area contributed by atoms with Gasteiger partial charge in [-0.1, -0.05) is 90.0 Å². The van der Waals surface area contributed by atoms with Crippen molar-refractivity contribution in [2.75, 3.05) is 0 Å². The van der Waals surface area contributed by atoms with E-state index in [0.717, 1.165) is 57.8 Å². The first-order valence-electron chi connectivity index (χ1n) is 11.2. The number of rotatable bonds is 20. The second-order valence-corrected chi connectivity index (χ2v) is 7.67. The van der Waals surface area contributed by atoms with Crippen LogP contribution in [-0.4, -0.2) is 22.2 Å². The lowest BCUT2D eigenvalue weighted by Gasteiger charge is -2.04. The second kappa shape index (κ2) is 19.4. The number of hydrogen-bond acceptors (Lipinski definition) is 2. The van der Waals surface area contributed by atoms with Crippen molar-refractivity contribution in [2.24, 2.45) is 0 Å². The van der Waals surface area contributed by atoms with Crippen molar-refractivity contribution in [2.45, 2.75) is 122 Å². The standard InChI is InChI=1S/C23H42O4/c1-2-3-4-5-6-7-9-12-15-18-21(23(26)27)19-16-13-10-8-11-14-17-20-22(24)25/h18H,2-17,19-20H2,1H3,(H,24,25)(H,26,27). The van der Waals surface area contributed by atoms with E-state index in [1.165, 1.54) is 44.9 Å².